The Morgan fingerprint density at radius 2 is 1.88 bits per heavy atom. The average Bonchev–Trinajstić information content (AvgIpc) is 2.61. The first-order valence-electron chi connectivity index (χ1n) is 7.54. The number of hydrogen-bond acceptors (Lipinski definition) is 4. The van der Waals surface area contributed by atoms with Crippen molar-refractivity contribution in [3.63, 3.8) is 0 Å². The van der Waals surface area contributed by atoms with Gasteiger partial charge in [-0.2, -0.15) is 8.78 Å². The van der Waals surface area contributed by atoms with Gasteiger partial charge in [0.05, 0.1) is 7.11 Å². The molecule has 0 unspecified atom stereocenters. The molecule has 8 heteroatoms. The van der Waals surface area contributed by atoms with Crippen LogP contribution in [-0.4, -0.2) is 24.6 Å². The van der Waals surface area contributed by atoms with Crippen LogP contribution in [0, 0.1) is 0 Å². The Hall–Kier alpha value is -3.42. The molecule has 0 aliphatic carbocycles. The van der Waals surface area contributed by atoms with Crippen molar-refractivity contribution in [3.05, 3.63) is 64.6 Å². The Bertz CT molecular complexity index is 1020. The van der Waals surface area contributed by atoms with Gasteiger partial charge in [-0.15, -0.1) is 0 Å². The van der Waals surface area contributed by atoms with Crippen molar-refractivity contribution >= 4 is 22.4 Å². The van der Waals surface area contributed by atoms with Crippen LogP contribution in [0.5, 0.6) is 11.5 Å². The van der Waals surface area contributed by atoms with Gasteiger partial charge in [0.1, 0.15) is 5.69 Å². The number of hydrogen-bond donors (Lipinski definition) is 2. The highest BCUT2D eigenvalue weighted by Gasteiger charge is 2.14. The zero-order valence-electron chi connectivity index (χ0n) is 13.6. The van der Waals surface area contributed by atoms with Crippen molar-refractivity contribution in [2.24, 2.45) is 0 Å². The molecule has 2 aromatic carbocycles. The van der Waals surface area contributed by atoms with Gasteiger partial charge in [-0.3, -0.25) is 9.59 Å². The first-order chi connectivity index (χ1) is 12.5. The van der Waals surface area contributed by atoms with Gasteiger partial charge in [0.2, 0.25) is 0 Å². The van der Waals surface area contributed by atoms with Gasteiger partial charge in [0, 0.05) is 17.1 Å². The molecule has 1 aromatic heterocycles. The molecule has 0 atom stereocenters. The predicted molar refractivity (Wildman–Crippen MR) is 92.1 cm³/mol. The first kappa shape index (κ1) is 17.4. The van der Waals surface area contributed by atoms with E-state index in [-0.39, 0.29) is 22.9 Å². The normalized spacial score (nSPS) is 10.8. The van der Waals surface area contributed by atoms with Gasteiger partial charge in [-0.1, -0.05) is 18.2 Å². The van der Waals surface area contributed by atoms with E-state index in [9.17, 15) is 18.4 Å². The van der Waals surface area contributed by atoms with Crippen molar-refractivity contribution in [1.29, 1.82) is 0 Å². The van der Waals surface area contributed by atoms with Gasteiger partial charge in [-0.25, -0.2) is 0 Å². The maximum absolute atomic E-state index is 12.5. The fourth-order valence-corrected chi connectivity index (χ4v) is 2.47. The fraction of sp³-hybridized carbons (Fsp3) is 0.111. The second-order valence-corrected chi connectivity index (χ2v) is 5.30. The molecule has 1 amide bonds. The summed E-state index contributed by atoms with van der Waals surface area (Å²) >= 11 is 0. The molecule has 6 nitrogen and oxygen atoms in total. The number of nitrogens with one attached hydrogen (secondary N) is 2. The number of rotatable bonds is 5. The standard InChI is InChI=1S/C18H14F2N2O4/c1-25-14-7-6-11(9-15(14)26-18(19)20)21-17(24)13-8-10-4-2-3-5-12(10)16(23)22-13/h2-9,18H,1H3,(H,21,24)(H,22,23). The van der Waals surface area contributed by atoms with Crippen molar-refractivity contribution in [3.8, 4) is 11.5 Å². The lowest BCUT2D eigenvalue weighted by Gasteiger charge is -2.12. The molecule has 26 heavy (non-hydrogen) atoms. The van der Waals surface area contributed by atoms with Crippen molar-refractivity contribution in [1.82, 2.24) is 4.98 Å². The summed E-state index contributed by atoms with van der Waals surface area (Å²) in [6.07, 6.45) is 0. The van der Waals surface area contributed by atoms with Crippen molar-refractivity contribution in [2.45, 2.75) is 6.61 Å². The van der Waals surface area contributed by atoms with Crippen LogP contribution in [0.2, 0.25) is 0 Å². The molecule has 134 valence electrons. The van der Waals surface area contributed by atoms with E-state index in [2.05, 4.69) is 15.0 Å². The molecule has 0 radical (unpaired) electrons. The largest absolute Gasteiger partial charge is 0.493 e. The molecule has 0 fully saturated rings. The number of methoxy groups -OCH3 is 1. The van der Waals surface area contributed by atoms with Crippen molar-refractivity contribution < 1.29 is 23.0 Å². The van der Waals surface area contributed by atoms with Crippen LogP contribution >= 0.6 is 0 Å². The van der Waals surface area contributed by atoms with Gasteiger partial charge >= 0.3 is 6.61 Å². The number of alkyl halides is 2. The summed E-state index contributed by atoms with van der Waals surface area (Å²) in [5.41, 5.74) is -0.147. The van der Waals surface area contributed by atoms with Crippen LogP contribution in [0.15, 0.2) is 53.3 Å². The van der Waals surface area contributed by atoms with E-state index in [1.807, 2.05) is 0 Å². The number of aromatic nitrogens is 1. The second kappa shape index (κ2) is 7.22. The number of carbonyl (C=O) groups is 1. The minimum absolute atomic E-state index is 0.0425. The number of anilines is 1. The SMILES string of the molecule is COc1ccc(NC(=O)c2cc3ccccc3c(=O)[nH]2)cc1OC(F)F. The van der Waals surface area contributed by atoms with E-state index in [4.69, 9.17) is 4.74 Å². The maximum atomic E-state index is 12.5. The average molecular weight is 360 g/mol. The first-order valence-corrected chi connectivity index (χ1v) is 7.54. The minimum Gasteiger partial charge on any atom is -0.493 e. The Labute approximate surface area is 146 Å². The monoisotopic (exact) mass is 360 g/mol. The molecular weight excluding hydrogens is 346 g/mol. The molecule has 0 spiro atoms. The van der Waals surface area contributed by atoms with E-state index < -0.39 is 18.1 Å². The van der Waals surface area contributed by atoms with Gasteiger partial charge < -0.3 is 19.8 Å². The molecule has 0 aliphatic rings. The third-order valence-electron chi connectivity index (χ3n) is 3.64. The minimum atomic E-state index is -3.04. The number of benzene rings is 2. The molecule has 3 aromatic rings. The van der Waals surface area contributed by atoms with Crippen LogP contribution in [0.4, 0.5) is 14.5 Å². The Kier molecular flexibility index (Phi) is 4.83. The quantitative estimate of drug-likeness (QED) is 0.731. The summed E-state index contributed by atoms with van der Waals surface area (Å²) in [7, 11) is 1.31. The summed E-state index contributed by atoms with van der Waals surface area (Å²) < 4.78 is 34.3. The lowest BCUT2D eigenvalue weighted by molar-refractivity contribution is -0.0511. The van der Waals surface area contributed by atoms with E-state index in [0.29, 0.717) is 10.8 Å². The molecular formula is C18H14F2N2O4. The van der Waals surface area contributed by atoms with E-state index >= 15 is 0 Å². The number of amides is 1. The van der Waals surface area contributed by atoms with E-state index in [1.54, 1.807) is 24.3 Å². The summed E-state index contributed by atoms with van der Waals surface area (Å²) in [6.45, 7) is -3.04. The summed E-state index contributed by atoms with van der Waals surface area (Å²) in [5, 5.41) is 3.59. The Morgan fingerprint density at radius 3 is 2.62 bits per heavy atom. The summed E-state index contributed by atoms with van der Waals surface area (Å²) in [6, 6.07) is 12.4. The number of fused-ring (bicyclic) bond motifs is 1. The number of pyridine rings is 1. The smallest absolute Gasteiger partial charge is 0.387 e. The summed E-state index contributed by atoms with van der Waals surface area (Å²) in [5.74, 6) is -0.712. The summed E-state index contributed by atoms with van der Waals surface area (Å²) in [4.78, 5) is 27.0. The van der Waals surface area contributed by atoms with Crippen LogP contribution in [0.25, 0.3) is 10.8 Å². The molecule has 0 bridgehead atoms. The van der Waals surface area contributed by atoms with E-state index in [0.717, 1.165) is 0 Å². The highest BCUT2D eigenvalue weighted by Crippen LogP contribution is 2.31. The fourth-order valence-electron chi connectivity index (χ4n) is 2.47. The van der Waals surface area contributed by atoms with Crippen LogP contribution in [-0.2, 0) is 0 Å². The van der Waals surface area contributed by atoms with E-state index in [1.165, 1.54) is 31.4 Å². The Morgan fingerprint density at radius 1 is 1.12 bits per heavy atom. The van der Waals surface area contributed by atoms with Crippen LogP contribution in [0.1, 0.15) is 10.5 Å². The lowest BCUT2D eigenvalue weighted by Crippen LogP contribution is -2.19. The predicted octanol–water partition coefficient (Wildman–Crippen LogP) is 3.39. The lowest BCUT2D eigenvalue weighted by atomic mass is 10.1. The molecule has 0 saturated heterocycles. The molecule has 3 rings (SSSR count). The molecule has 2 N–H and O–H groups in total. The molecule has 1 heterocycles. The molecule has 0 aliphatic heterocycles. The van der Waals surface area contributed by atoms with Crippen LogP contribution < -0.4 is 20.3 Å². The second-order valence-electron chi connectivity index (χ2n) is 5.30. The van der Waals surface area contributed by atoms with Gasteiger partial charge in [0.15, 0.2) is 11.5 Å². The number of carbonyl (C=O) groups excluding carboxylic acids is 1. The van der Waals surface area contributed by atoms with Crippen molar-refractivity contribution in [2.75, 3.05) is 12.4 Å². The number of ether oxygens (including phenoxy) is 2. The number of aromatic amines is 1. The van der Waals surface area contributed by atoms with Gasteiger partial charge in [0.25, 0.3) is 11.5 Å². The zero-order valence-corrected chi connectivity index (χ0v) is 13.6. The number of halogens is 2. The molecule has 0 saturated carbocycles. The van der Waals surface area contributed by atoms with Crippen LogP contribution in [0.3, 0.4) is 0 Å². The third-order valence-corrected chi connectivity index (χ3v) is 3.64. The van der Waals surface area contributed by atoms with Gasteiger partial charge in [-0.05, 0) is 29.7 Å². The topological polar surface area (TPSA) is 80.4 Å². The number of H-pyrrole nitrogens is 1. The third kappa shape index (κ3) is 3.64. The maximum Gasteiger partial charge on any atom is 0.387 e. The Balaban J connectivity index is 1.89. The highest BCUT2D eigenvalue weighted by molar-refractivity contribution is 6.04. The zero-order chi connectivity index (χ0) is 18.7. The highest BCUT2D eigenvalue weighted by atomic mass is 19.3.